The molecule has 1 aromatic carbocycles. The monoisotopic (exact) mass is 281 g/mol. The summed E-state index contributed by atoms with van der Waals surface area (Å²) in [6.45, 7) is 4.01. The van der Waals surface area contributed by atoms with Crippen molar-refractivity contribution in [3.8, 4) is 0 Å². The van der Waals surface area contributed by atoms with Crippen molar-refractivity contribution >= 4 is 18.5 Å². The van der Waals surface area contributed by atoms with Crippen LogP contribution in [0.5, 0.6) is 0 Å². The Hall–Kier alpha value is -1.00. The Balaban J connectivity index is 2.15. The highest BCUT2D eigenvalue weighted by atomic mass is 32.1. The molecular formula is C15H23NO2S. The standard InChI is InChI=1S/C15H23NO2S/c1-2-3-10-18-11-9-16-15(17)14(19)12-13-7-5-4-6-8-13/h4-8,14,19H,2-3,9-12H2,1H3,(H,16,17). The second-order valence-corrected chi connectivity index (χ2v) is 5.09. The molecule has 1 atom stereocenters. The maximum atomic E-state index is 11.8. The molecular weight excluding hydrogens is 258 g/mol. The van der Waals surface area contributed by atoms with Gasteiger partial charge < -0.3 is 10.1 Å². The van der Waals surface area contributed by atoms with Crippen molar-refractivity contribution in [1.82, 2.24) is 5.32 Å². The van der Waals surface area contributed by atoms with Gasteiger partial charge in [-0.3, -0.25) is 4.79 Å². The molecule has 4 heteroatoms. The third-order valence-corrected chi connectivity index (χ3v) is 3.18. The molecule has 0 bridgehead atoms. The van der Waals surface area contributed by atoms with E-state index in [-0.39, 0.29) is 11.2 Å². The number of ether oxygens (including phenoxy) is 1. The molecule has 0 aliphatic carbocycles. The molecule has 0 spiro atoms. The lowest BCUT2D eigenvalue weighted by Crippen LogP contribution is -2.35. The van der Waals surface area contributed by atoms with E-state index >= 15 is 0 Å². The van der Waals surface area contributed by atoms with Gasteiger partial charge in [0.05, 0.1) is 11.9 Å². The summed E-state index contributed by atoms with van der Waals surface area (Å²) in [5, 5.41) is 2.53. The fraction of sp³-hybridized carbons (Fsp3) is 0.533. The number of rotatable bonds is 9. The lowest BCUT2D eigenvalue weighted by Gasteiger charge is -2.11. The summed E-state index contributed by atoms with van der Waals surface area (Å²) >= 11 is 4.34. The predicted octanol–water partition coefficient (Wildman–Crippen LogP) is 2.46. The number of thiol groups is 1. The smallest absolute Gasteiger partial charge is 0.233 e. The normalized spacial score (nSPS) is 12.1. The second-order valence-electron chi connectivity index (χ2n) is 4.46. The zero-order chi connectivity index (χ0) is 13.9. The van der Waals surface area contributed by atoms with Crippen molar-refractivity contribution in [2.24, 2.45) is 0 Å². The number of hydrogen-bond acceptors (Lipinski definition) is 3. The topological polar surface area (TPSA) is 38.3 Å². The fourth-order valence-electron chi connectivity index (χ4n) is 1.64. The molecule has 1 aromatic rings. The second kappa shape index (κ2) is 9.87. The van der Waals surface area contributed by atoms with E-state index in [1.807, 2.05) is 30.3 Å². The highest BCUT2D eigenvalue weighted by molar-refractivity contribution is 7.81. The number of unbranched alkanes of at least 4 members (excludes halogenated alkanes) is 1. The SMILES string of the molecule is CCCCOCCNC(=O)C(S)Cc1ccccc1. The highest BCUT2D eigenvalue weighted by Crippen LogP contribution is 2.07. The number of amides is 1. The van der Waals surface area contributed by atoms with Crippen molar-refractivity contribution in [2.75, 3.05) is 19.8 Å². The molecule has 106 valence electrons. The lowest BCUT2D eigenvalue weighted by atomic mass is 10.1. The lowest BCUT2D eigenvalue weighted by molar-refractivity contribution is -0.120. The minimum atomic E-state index is -0.307. The van der Waals surface area contributed by atoms with Crippen LogP contribution in [0, 0.1) is 0 Å². The van der Waals surface area contributed by atoms with Crippen molar-refractivity contribution in [1.29, 1.82) is 0 Å². The van der Waals surface area contributed by atoms with Gasteiger partial charge in [-0.2, -0.15) is 12.6 Å². The number of nitrogens with one attached hydrogen (secondary N) is 1. The Kier molecular flexibility index (Phi) is 8.34. The van der Waals surface area contributed by atoms with Gasteiger partial charge in [0, 0.05) is 13.2 Å². The first kappa shape index (κ1) is 16.1. The molecule has 0 aromatic heterocycles. The van der Waals surface area contributed by atoms with E-state index in [1.54, 1.807) is 0 Å². The van der Waals surface area contributed by atoms with Gasteiger partial charge in [0.2, 0.25) is 5.91 Å². The van der Waals surface area contributed by atoms with Crippen LogP contribution in [-0.2, 0) is 16.0 Å². The van der Waals surface area contributed by atoms with Crippen LogP contribution in [-0.4, -0.2) is 30.9 Å². The Labute approximate surface area is 121 Å². The molecule has 0 radical (unpaired) electrons. The Morgan fingerprint density at radius 2 is 2.05 bits per heavy atom. The van der Waals surface area contributed by atoms with Gasteiger partial charge in [0.25, 0.3) is 0 Å². The Morgan fingerprint density at radius 3 is 2.74 bits per heavy atom. The zero-order valence-corrected chi connectivity index (χ0v) is 12.4. The average Bonchev–Trinajstić information content (AvgIpc) is 2.43. The van der Waals surface area contributed by atoms with Crippen LogP contribution in [0.25, 0.3) is 0 Å². The van der Waals surface area contributed by atoms with Crippen LogP contribution in [0.15, 0.2) is 30.3 Å². The predicted molar refractivity (Wildman–Crippen MR) is 81.7 cm³/mol. The van der Waals surface area contributed by atoms with Gasteiger partial charge in [0.1, 0.15) is 0 Å². The Morgan fingerprint density at radius 1 is 1.32 bits per heavy atom. The maximum Gasteiger partial charge on any atom is 0.233 e. The first-order valence-electron chi connectivity index (χ1n) is 6.81. The first-order chi connectivity index (χ1) is 9.24. The van der Waals surface area contributed by atoms with E-state index < -0.39 is 0 Å². The van der Waals surface area contributed by atoms with Crippen molar-refractivity contribution in [2.45, 2.75) is 31.4 Å². The summed E-state index contributed by atoms with van der Waals surface area (Å²) in [5.41, 5.74) is 1.12. The Bertz CT molecular complexity index is 356. The summed E-state index contributed by atoms with van der Waals surface area (Å²) < 4.78 is 5.38. The molecule has 0 saturated heterocycles. The van der Waals surface area contributed by atoms with Crippen molar-refractivity contribution < 1.29 is 9.53 Å². The molecule has 0 saturated carbocycles. The molecule has 0 fully saturated rings. The number of carbonyl (C=O) groups excluding carboxylic acids is 1. The number of carbonyl (C=O) groups is 1. The van der Waals surface area contributed by atoms with Crippen molar-refractivity contribution in [3.63, 3.8) is 0 Å². The molecule has 19 heavy (non-hydrogen) atoms. The largest absolute Gasteiger partial charge is 0.380 e. The zero-order valence-electron chi connectivity index (χ0n) is 11.5. The summed E-state index contributed by atoms with van der Waals surface area (Å²) in [6, 6.07) is 9.91. The van der Waals surface area contributed by atoms with Crippen LogP contribution in [0.1, 0.15) is 25.3 Å². The van der Waals surface area contributed by atoms with E-state index in [1.165, 1.54) is 0 Å². The van der Waals surface area contributed by atoms with Gasteiger partial charge in [-0.25, -0.2) is 0 Å². The molecule has 1 unspecified atom stereocenters. The van der Waals surface area contributed by atoms with E-state index in [2.05, 4.69) is 24.9 Å². The molecule has 0 aliphatic heterocycles. The summed E-state index contributed by atoms with van der Waals surface area (Å²) in [6.07, 6.45) is 2.84. The molecule has 1 amide bonds. The number of hydrogen-bond donors (Lipinski definition) is 2. The molecule has 1 N–H and O–H groups in total. The third-order valence-electron chi connectivity index (χ3n) is 2.76. The summed E-state index contributed by atoms with van der Waals surface area (Å²) in [4.78, 5) is 11.8. The van der Waals surface area contributed by atoms with Gasteiger partial charge in [-0.05, 0) is 18.4 Å². The summed E-state index contributed by atoms with van der Waals surface area (Å²) in [7, 11) is 0. The van der Waals surface area contributed by atoms with Gasteiger partial charge in [-0.15, -0.1) is 0 Å². The van der Waals surface area contributed by atoms with Crippen LogP contribution >= 0.6 is 12.6 Å². The molecule has 3 nitrogen and oxygen atoms in total. The average molecular weight is 281 g/mol. The molecule has 0 heterocycles. The minimum Gasteiger partial charge on any atom is -0.380 e. The fourth-order valence-corrected chi connectivity index (χ4v) is 1.94. The van der Waals surface area contributed by atoms with E-state index in [0.717, 1.165) is 25.0 Å². The van der Waals surface area contributed by atoms with E-state index in [0.29, 0.717) is 19.6 Å². The van der Waals surface area contributed by atoms with Crippen molar-refractivity contribution in [3.05, 3.63) is 35.9 Å². The van der Waals surface area contributed by atoms with Gasteiger partial charge in [-0.1, -0.05) is 43.7 Å². The molecule has 0 aliphatic rings. The van der Waals surface area contributed by atoms with Gasteiger partial charge >= 0.3 is 0 Å². The van der Waals surface area contributed by atoms with Crippen LogP contribution in [0.3, 0.4) is 0 Å². The maximum absolute atomic E-state index is 11.8. The molecule has 1 rings (SSSR count). The minimum absolute atomic E-state index is 0.0359. The third kappa shape index (κ3) is 7.23. The number of benzene rings is 1. The highest BCUT2D eigenvalue weighted by Gasteiger charge is 2.13. The van der Waals surface area contributed by atoms with Gasteiger partial charge in [0.15, 0.2) is 0 Å². The van der Waals surface area contributed by atoms with Crippen LogP contribution < -0.4 is 5.32 Å². The van der Waals surface area contributed by atoms with E-state index in [9.17, 15) is 4.79 Å². The quantitative estimate of drug-likeness (QED) is 0.539. The first-order valence-corrected chi connectivity index (χ1v) is 7.33. The van der Waals surface area contributed by atoms with Crippen LogP contribution in [0.4, 0.5) is 0 Å². The van der Waals surface area contributed by atoms with Crippen LogP contribution in [0.2, 0.25) is 0 Å². The summed E-state index contributed by atoms with van der Waals surface area (Å²) in [5.74, 6) is -0.0359. The van der Waals surface area contributed by atoms with E-state index in [4.69, 9.17) is 4.74 Å².